The summed E-state index contributed by atoms with van der Waals surface area (Å²) in [4.78, 5) is 10.9. The molecule has 0 spiro atoms. The van der Waals surface area contributed by atoms with Crippen molar-refractivity contribution in [1.29, 1.82) is 0 Å². The minimum atomic E-state index is -5.19. The van der Waals surface area contributed by atoms with E-state index in [2.05, 4.69) is 4.74 Å². The van der Waals surface area contributed by atoms with Crippen molar-refractivity contribution in [3.05, 3.63) is 0 Å². The maximum absolute atomic E-state index is 12.2. The summed E-state index contributed by atoms with van der Waals surface area (Å²) in [7, 11) is 0. The summed E-state index contributed by atoms with van der Waals surface area (Å²) >= 11 is 0. The number of aliphatic hydroxyl groups is 2. The molecule has 4 unspecified atom stereocenters. The second kappa shape index (κ2) is 3.63. The van der Waals surface area contributed by atoms with Crippen LogP contribution in [0.15, 0.2) is 0 Å². The molecule has 3 aliphatic carbocycles. The number of ether oxygens (including phenoxy) is 1. The molecule has 0 radical (unpaired) electrons. The molecule has 19 heavy (non-hydrogen) atoms. The van der Waals surface area contributed by atoms with Gasteiger partial charge in [-0.3, -0.25) is 0 Å². The van der Waals surface area contributed by atoms with Crippen LogP contribution in [0, 0.1) is 17.3 Å². The smallest absolute Gasteiger partial charge is 0.423 e. The SMILES string of the molecule is CC1(C)C2CC1C(C)(O)C(O)(OC(=O)C(F)(F)F)C2. The molecule has 3 rings (SSSR count). The molecule has 3 saturated carbocycles. The van der Waals surface area contributed by atoms with Gasteiger partial charge in [0.1, 0.15) is 5.60 Å². The Balaban J connectivity index is 2.24. The second-order valence-corrected chi connectivity index (χ2v) is 6.33. The molecule has 0 aromatic carbocycles. The lowest BCUT2D eigenvalue weighted by Crippen LogP contribution is -2.73. The van der Waals surface area contributed by atoms with E-state index in [0.29, 0.717) is 6.42 Å². The molecule has 0 aromatic heterocycles. The van der Waals surface area contributed by atoms with E-state index in [1.54, 1.807) is 0 Å². The van der Waals surface area contributed by atoms with Crippen LogP contribution in [-0.4, -0.2) is 33.7 Å². The van der Waals surface area contributed by atoms with E-state index in [9.17, 15) is 28.2 Å². The Hall–Kier alpha value is -0.820. The normalized spacial score (nSPS) is 44.4. The van der Waals surface area contributed by atoms with Gasteiger partial charge >= 0.3 is 12.1 Å². The molecule has 3 aliphatic rings. The minimum absolute atomic E-state index is 0.0799. The Morgan fingerprint density at radius 3 is 2.16 bits per heavy atom. The van der Waals surface area contributed by atoms with Gasteiger partial charge in [-0.15, -0.1) is 0 Å². The van der Waals surface area contributed by atoms with E-state index in [-0.39, 0.29) is 17.8 Å². The van der Waals surface area contributed by atoms with Gasteiger partial charge in [0.05, 0.1) is 0 Å². The number of esters is 1. The fraction of sp³-hybridized carbons (Fsp3) is 0.917. The number of hydrogen-bond acceptors (Lipinski definition) is 4. The quantitative estimate of drug-likeness (QED) is 0.566. The van der Waals surface area contributed by atoms with Gasteiger partial charge in [0.2, 0.25) is 5.79 Å². The molecule has 4 atom stereocenters. The fourth-order valence-corrected chi connectivity index (χ4v) is 3.49. The highest BCUT2D eigenvalue weighted by atomic mass is 19.4. The van der Waals surface area contributed by atoms with Crippen molar-refractivity contribution in [3.8, 4) is 0 Å². The van der Waals surface area contributed by atoms with Gasteiger partial charge < -0.3 is 14.9 Å². The van der Waals surface area contributed by atoms with Gasteiger partial charge in [-0.05, 0) is 30.6 Å². The lowest BCUT2D eigenvalue weighted by atomic mass is 9.42. The van der Waals surface area contributed by atoms with E-state index in [4.69, 9.17) is 0 Å². The van der Waals surface area contributed by atoms with E-state index < -0.39 is 29.5 Å². The van der Waals surface area contributed by atoms with Crippen LogP contribution in [0.5, 0.6) is 0 Å². The Bertz CT molecular complexity index is 416. The van der Waals surface area contributed by atoms with Gasteiger partial charge in [0, 0.05) is 6.42 Å². The Morgan fingerprint density at radius 2 is 1.79 bits per heavy atom. The highest BCUT2D eigenvalue weighted by Gasteiger charge is 2.71. The van der Waals surface area contributed by atoms with E-state index in [1.807, 2.05) is 13.8 Å². The topological polar surface area (TPSA) is 66.8 Å². The average Bonchev–Trinajstić information content (AvgIpc) is 2.20. The molecule has 0 heterocycles. The third-order valence-corrected chi connectivity index (χ3v) is 4.96. The first-order chi connectivity index (χ1) is 8.32. The minimum Gasteiger partial charge on any atom is -0.423 e. The third kappa shape index (κ3) is 1.86. The fourth-order valence-electron chi connectivity index (χ4n) is 3.49. The molecule has 0 aliphatic heterocycles. The lowest BCUT2D eigenvalue weighted by Gasteiger charge is -2.66. The van der Waals surface area contributed by atoms with Gasteiger partial charge in [-0.2, -0.15) is 13.2 Å². The maximum Gasteiger partial charge on any atom is 0.491 e. The summed E-state index contributed by atoms with van der Waals surface area (Å²) < 4.78 is 40.9. The van der Waals surface area contributed by atoms with Crippen LogP contribution in [0.4, 0.5) is 13.2 Å². The summed E-state index contributed by atoms with van der Waals surface area (Å²) in [6.45, 7) is 4.98. The van der Waals surface area contributed by atoms with Crippen LogP contribution in [0.25, 0.3) is 0 Å². The van der Waals surface area contributed by atoms with Crippen molar-refractivity contribution < 1.29 is 32.9 Å². The van der Waals surface area contributed by atoms with Crippen molar-refractivity contribution >= 4 is 5.97 Å². The number of fused-ring (bicyclic) bond motifs is 2. The van der Waals surface area contributed by atoms with Gasteiger partial charge in [-0.25, -0.2) is 4.79 Å². The average molecular weight is 282 g/mol. The molecule has 7 heteroatoms. The summed E-state index contributed by atoms with van der Waals surface area (Å²) in [6, 6.07) is 0. The monoisotopic (exact) mass is 282 g/mol. The van der Waals surface area contributed by atoms with Gasteiger partial charge in [0.15, 0.2) is 0 Å². The molecular weight excluding hydrogens is 265 g/mol. The molecule has 0 aromatic rings. The maximum atomic E-state index is 12.2. The number of alkyl halides is 3. The van der Waals surface area contributed by atoms with Crippen LogP contribution in [0.2, 0.25) is 0 Å². The standard InChI is InChI=1S/C12H17F3O4/c1-9(2)6-4-7(9)10(3,17)11(18,5-6)19-8(16)12(13,14)15/h6-7,17-18H,4-5H2,1-3H3. The predicted molar refractivity (Wildman–Crippen MR) is 57.7 cm³/mol. The van der Waals surface area contributed by atoms with Crippen molar-refractivity contribution in [2.24, 2.45) is 17.3 Å². The summed E-state index contributed by atoms with van der Waals surface area (Å²) in [5.74, 6) is -5.45. The zero-order chi connectivity index (χ0) is 14.9. The first kappa shape index (κ1) is 14.6. The summed E-state index contributed by atoms with van der Waals surface area (Å²) in [5, 5.41) is 20.5. The summed E-state index contributed by atoms with van der Waals surface area (Å²) in [6.07, 6.45) is -4.78. The molecule has 3 fully saturated rings. The van der Waals surface area contributed by atoms with Crippen LogP contribution >= 0.6 is 0 Å². The molecule has 4 nitrogen and oxygen atoms in total. The molecule has 2 bridgehead atoms. The zero-order valence-electron chi connectivity index (χ0n) is 10.9. The van der Waals surface area contributed by atoms with E-state index in [1.165, 1.54) is 6.92 Å². The van der Waals surface area contributed by atoms with Crippen molar-refractivity contribution in [3.63, 3.8) is 0 Å². The number of carbonyl (C=O) groups is 1. The Morgan fingerprint density at radius 1 is 1.26 bits per heavy atom. The highest BCUT2D eigenvalue weighted by Crippen LogP contribution is 2.65. The summed E-state index contributed by atoms with van der Waals surface area (Å²) in [5.41, 5.74) is -2.19. The Kier molecular flexibility index (Phi) is 2.79. The van der Waals surface area contributed by atoms with Crippen LogP contribution < -0.4 is 0 Å². The van der Waals surface area contributed by atoms with Crippen LogP contribution in [0.1, 0.15) is 33.6 Å². The largest absolute Gasteiger partial charge is 0.491 e. The first-order valence-electron chi connectivity index (χ1n) is 6.07. The molecule has 2 N–H and O–H groups in total. The molecule has 0 saturated heterocycles. The van der Waals surface area contributed by atoms with Crippen molar-refractivity contribution in [1.82, 2.24) is 0 Å². The second-order valence-electron chi connectivity index (χ2n) is 6.33. The number of halogens is 3. The molecular formula is C12H17F3O4. The number of hydrogen-bond donors (Lipinski definition) is 2. The first-order valence-corrected chi connectivity index (χ1v) is 6.07. The van der Waals surface area contributed by atoms with Crippen LogP contribution in [0.3, 0.4) is 0 Å². The lowest BCUT2D eigenvalue weighted by molar-refractivity contribution is -0.374. The van der Waals surface area contributed by atoms with Crippen molar-refractivity contribution in [2.45, 2.75) is 51.2 Å². The molecule has 0 amide bonds. The zero-order valence-corrected chi connectivity index (χ0v) is 10.9. The van der Waals surface area contributed by atoms with Crippen molar-refractivity contribution in [2.75, 3.05) is 0 Å². The molecule has 110 valence electrons. The Labute approximate surface area is 108 Å². The predicted octanol–water partition coefficient (Wildman–Crippen LogP) is 1.60. The van der Waals surface area contributed by atoms with Crippen LogP contribution in [-0.2, 0) is 9.53 Å². The number of carbonyl (C=O) groups excluding carboxylic acids is 1. The van der Waals surface area contributed by atoms with Gasteiger partial charge in [0.25, 0.3) is 0 Å². The third-order valence-electron chi connectivity index (χ3n) is 4.96. The van der Waals surface area contributed by atoms with E-state index >= 15 is 0 Å². The number of rotatable bonds is 1. The van der Waals surface area contributed by atoms with Gasteiger partial charge in [-0.1, -0.05) is 13.8 Å². The van der Waals surface area contributed by atoms with E-state index in [0.717, 1.165) is 0 Å². The highest BCUT2D eigenvalue weighted by molar-refractivity contribution is 5.76.